The third-order valence-electron chi connectivity index (χ3n) is 2.81. The van der Waals surface area contributed by atoms with Crippen molar-refractivity contribution < 1.29 is 0 Å². The van der Waals surface area contributed by atoms with E-state index in [4.69, 9.17) is 0 Å². The highest BCUT2D eigenvalue weighted by Crippen LogP contribution is 2.13. The predicted molar refractivity (Wildman–Crippen MR) is 64.8 cm³/mol. The molecule has 0 unspecified atom stereocenters. The molecule has 0 aromatic heterocycles. The van der Waals surface area contributed by atoms with E-state index in [1.807, 2.05) is 6.07 Å². The van der Waals surface area contributed by atoms with Crippen LogP contribution in [0.2, 0.25) is 0 Å². The summed E-state index contributed by atoms with van der Waals surface area (Å²) in [6.07, 6.45) is 0. The average Bonchev–Trinajstić information content (AvgIpc) is 2.31. The first-order chi connectivity index (χ1) is 7.36. The van der Waals surface area contributed by atoms with Crippen molar-refractivity contribution in [2.75, 3.05) is 32.7 Å². The van der Waals surface area contributed by atoms with Gasteiger partial charge in [0.25, 0.3) is 0 Å². The fourth-order valence-electron chi connectivity index (χ4n) is 1.90. The van der Waals surface area contributed by atoms with Crippen LogP contribution in [-0.4, -0.2) is 37.6 Å². The van der Waals surface area contributed by atoms with Crippen LogP contribution in [0.15, 0.2) is 36.9 Å². The van der Waals surface area contributed by atoms with E-state index in [2.05, 4.69) is 41.1 Å². The molecule has 2 heteroatoms. The van der Waals surface area contributed by atoms with Crippen LogP contribution in [0.5, 0.6) is 0 Å². The maximum Gasteiger partial charge on any atom is 0.0234 e. The Morgan fingerprint density at radius 3 is 2.53 bits per heavy atom. The molecule has 0 bridgehead atoms. The van der Waals surface area contributed by atoms with E-state index in [1.54, 1.807) is 0 Å². The van der Waals surface area contributed by atoms with Crippen LogP contribution in [0.3, 0.4) is 0 Å². The summed E-state index contributed by atoms with van der Waals surface area (Å²) in [5.41, 5.74) is 2.48. The van der Waals surface area contributed by atoms with Crippen LogP contribution in [0, 0.1) is 0 Å². The lowest BCUT2D eigenvalue weighted by Gasteiger charge is -2.27. The highest BCUT2D eigenvalue weighted by Gasteiger charge is 2.10. The van der Waals surface area contributed by atoms with Crippen molar-refractivity contribution in [1.29, 1.82) is 0 Å². The maximum atomic E-state index is 4.16. The highest BCUT2D eigenvalue weighted by atomic mass is 15.2. The summed E-state index contributed by atoms with van der Waals surface area (Å²) in [6.45, 7) is 9.61. The van der Waals surface area contributed by atoms with Crippen molar-refractivity contribution in [2.24, 2.45) is 0 Å². The van der Waals surface area contributed by atoms with E-state index in [-0.39, 0.29) is 0 Å². The van der Waals surface area contributed by atoms with Gasteiger partial charge in [-0.2, -0.15) is 0 Å². The molecule has 1 aromatic carbocycles. The van der Waals surface area contributed by atoms with Gasteiger partial charge in [0.2, 0.25) is 0 Å². The molecule has 0 atom stereocenters. The summed E-state index contributed by atoms with van der Waals surface area (Å²) in [6, 6.07) is 10.4. The maximum absolute atomic E-state index is 4.16. The van der Waals surface area contributed by atoms with Gasteiger partial charge in [-0.25, -0.2) is 0 Å². The number of rotatable bonds is 3. The van der Waals surface area contributed by atoms with Crippen molar-refractivity contribution >= 4 is 5.57 Å². The zero-order chi connectivity index (χ0) is 10.5. The summed E-state index contributed by atoms with van der Waals surface area (Å²) < 4.78 is 0. The minimum Gasteiger partial charge on any atom is -0.314 e. The Morgan fingerprint density at radius 1 is 1.20 bits per heavy atom. The topological polar surface area (TPSA) is 15.3 Å². The number of nitrogens with zero attached hydrogens (tertiary/aromatic N) is 1. The Morgan fingerprint density at radius 2 is 1.87 bits per heavy atom. The van der Waals surface area contributed by atoms with Gasteiger partial charge in [0.15, 0.2) is 0 Å². The van der Waals surface area contributed by atoms with Crippen LogP contribution in [-0.2, 0) is 0 Å². The largest absolute Gasteiger partial charge is 0.314 e. The Balaban J connectivity index is 1.91. The molecule has 1 fully saturated rings. The molecule has 1 aliphatic heterocycles. The van der Waals surface area contributed by atoms with Crippen molar-refractivity contribution in [3.8, 4) is 0 Å². The predicted octanol–water partition coefficient (Wildman–Crippen LogP) is 1.60. The molecule has 15 heavy (non-hydrogen) atoms. The van der Waals surface area contributed by atoms with Gasteiger partial charge in [0.1, 0.15) is 0 Å². The van der Waals surface area contributed by atoms with E-state index in [9.17, 15) is 0 Å². The lowest BCUT2D eigenvalue weighted by Crippen LogP contribution is -2.43. The van der Waals surface area contributed by atoms with Gasteiger partial charge < -0.3 is 5.32 Å². The number of nitrogens with one attached hydrogen (secondary N) is 1. The summed E-state index contributed by atoms with van der Waals surface area (Å²) in [5.74, 6) is 0. The summed E-state index contributed by atoms with van der Waals surface area (Å²) in [7, 11) is 0. The van der Waals surface area contributed by atoms with Crippen LogP contribution >= 0.6 is 0 Å². The molecule has 2 rings (SSSR count). The zero-order valence-electron chi connectivity index (χ0n) is 9.08. The van der Waals surface area contributed by atoms with Crippen molar-refractivity contribution in [1.82, 2.24) is 10.2 Å². The lowest BCUT2D eigenvalue weighted by molar-refractivity contribution is 0.268. The van der Waals surface area contributed by atoms with E-state index in [1.165, 1.54) is 11.1 Å². The molecule has 80 valence electrons. The molecule has 1 aromatic rings. The Kier molecular flexibility index (Phi) is 3.54. The van der Waals surface area contributed by atoms with Gasteiger partial charge >= 0.3 is 0 Å². The molecule has 2 nitrogen and oxygen atoms in total. The molecule has 0 amide bonds. The number of benzene rings is 1. The summed E-state index contributed by atoms with van der Waals surface area (Å²) in [5, 5.41) is 3.36. The molecular weight excluding hydrogens is 184 g/mol. The number of hydrogen-bond acceptors (Lipinski definition) is 2. The van der Waals surface area contributed by atoms with Gasteiger partial charge in [-0.3, -0.25) is 4.90 Å². The molecule has 0 radical (unpaired) electrons. The van der Waals surface area contributed by atoms with Crippen LogP contribution < -0.4 is 5.32 Å². The van der Waals surface area contributed by atoms with E-state index in [0.29, 0.717) is 0 Å². The van der Waals surface area contributed by atoms with E-state index in [0.717, 1.165) is 32.7 Å². The lowest BCUT2D eigenvalue weighted by atomic mass is 10.1. The fourth-order valence-corrected chi connectivity index (χ4v) is 1.90. The Labute approximate surface area is 91.6 Å². The Hall–Kier alpha value is -1.12. The molecule has 1 saturated heterocycles. The van der Waals surface area contributed by atoms with Crippen molar-refractivity contribution in [3.05, 3.63) is 42.5 Å². The first kappa shape index (κ1) is 10.4. The van der Waals surface area contributed by atoms with E-state index < -0.39 is 0 Å². The number of piperazine rings is 1. The highest BCUT2D eigenvalue weighted by molar-refractivity contribution is 5.64. The molecule has 0 aliphatic carbocycles. The smallest absolute Gasteiger partial charge is 0.0234 e. The van der Waals surface area contributed by atoms with E-state index >= 15 is 0 Å². The zero-order valence-corrected chi connectivity index (χ0v) is 9.08. The molecule has 1 N–H and O–H groups in total. The quantitative estimate of drug-likeness (QED) is 0.801. The monoisotopic (exact) mass is 202 g/mol. The normalized spacial score (nSPS) is 17.6. The van der Waals surface area contributed by atoms with Gasteiger partial charge in [0, 0.05) is 32.7 Å². The van der Waals surface area contributed by atoms with Crippen molar-refractivity contribution in [2.45, 2.75) is 0 Å². The first-order valence-electron chi connectivity index (χ1n) is 5.52. The van der Waals surface area contributed by atoms with Crippen molar-refractivity contribution in [3.63, 3.8) is 0 Å². The summed E-state index contributed by atoms with van der Waals surface area (Å²) in [4.78, 5) is 2.45. The van der Waals surface area contributed by atoms with Crippen LogP contribution in [0.1, 0.15) is 5.56 Å². The minimum atomic E-state index is 0.992. The minimum absolute atomic E-state index is 0.992. The second-order valence-corrected chi connectivity index (χ2v) is 4.00. The first-order valence-corrected chi connectivity index (χ1v) is 5.52. The molecule has 1 aliphatic rings. The standard InChI is InChI=1S/C13H18N2/c1-12(13-5-3-2-4-6-13)11-15-9-7-14-8-10-15/h2-6,14H,1,7-11H2. The summed E-state index contributed by atoms with van der Waals surface area (Å²) >= 11 is 0. The van der Waals surface area contributed by atoms with Crippen LogP contribution in [0.25, 0.3) is 5.57 Å². The molecule has 1 heterocycles. The van der Waals surface area contributed by atoms with Crippen LogP contribution in [0.4, 0.5) is 0 Å². The second kappa shape index (κ2) is 5.10. The number of hydrogen-bond donors (Lipinski definition) is 1. The molecular formula is C13H18N2. The third kappa shape index (κ3) is 2.91. The van der Waals surface area contributed by atoms with Gasteiger partial charge in [-0.05, 0) is 11.1 Å². The Bertz CT molecular complexity index is 313. The van der Waals surface area contributed by atoms with Gasteiger partial charge in [-0.15, -0.1) is 0 Å². The average molecular weight is 202 g/mol. The SMILES string of the molecule is C=C(CN1CCNCC1)c1ccccc1. The van der Waals surface area contributed by atoms with Gasteiger partial charge in [0.05, 0.1) is 0 Å². The van der Waals surface area contributed by atoms with Gasteiger partial charge in [-0.1, -0.05) is 36.9 Å². The second-order valence-electron chi connectivity index (χ2n) is 4.00. The third-order valence-corrected chi connectivity index (χ3v) is 2.81. The molecule has 0 saturated carbocycles. The fraction of sp³-hybridized carbons (Fsp3) is 0.385. The molecule has 0 spiro atoms.